The zero-order valence-electron chi connectivity index (χ0n) is 19.8. The van der Waals surface area contributed by atoms with Gasteiger partial charge in [-0.05, 0) is 32.4 Å². The van der Waals surface area contributed by atoms with E-state index in [0.29, 0.717) is 24.2 Å². The molecule has 2 aromatic heterocycles. The Labute approximate surface area is 208 Å². The molecule has 0 aliphatic carbocycles. The molecule has 2 amide bonds. The number of fused-ring (bicyclic) bond motifs is 1. The minimum atomic E-state index is -4.93. The Balaban J connectivity index is 1.64. The number of pyridine rings is 1. The van der Waals surface area contributed by atoms with Gasteiger partial charge in [-0.15, -0.1) is 13.2 Å². The van der Waals surface area contributed by atoms with Crippen molar-refractivity contribution in [3.63, 3.8) is 0 Å². The summed E-state index contributed by atoms with van der Waals surface area (Å²) < 4.78 is 41.8. The number of carbonyl (C=O) groups excluding carboxylic acids is 1. The van der Waals surface area contributed by atoms with Crippen LogP contribution in [-0.2, 0) is 0 Å². The number of aromatic amines is 1. The van der Waals surface area contributed by atoms with Gasteiger partial charge in [-0.2, -0.15) is 15.0 Å². The lowest BCUT2D eigenvalue weighted by Crippen LogP contribution is -2.36. The van der Waals surface area contributed by atoms with E-state index in [1.807, 2.05) is 6.92 Å². The van der Waals surface area contributed by atoms with Gasteiger partial charge in [-0.1, -0.05) is 18.5 Å². The van der Waals surface area contributed by atoms with Crippen LogP contribution in [0.5, 0.6) is 5.75 Å². The average Bonchev–Trinajstić information content (AvgIpc) is 3.06. The van der Waals surface area contributed by atoms with Crippen molar-refractivity contribution in [1.82, 2.24) is 24.8 Å². The number of urea groups is 1. The Kier molecular flexibility index (Phi) is 6.69. The molecule has 36 heavy (non-hydrogen) atoms. The van der Waals surface area contributed by atoms with Gasteiger partial charge < -0.3 is 19.9 Å². The van der Waals surface area contributed by atoms with Gasteiger partial charge in [0.15, 0.2) is 0 Å². The van der Waals surface area contributed by atoms with Crippen LogP contribution in [0.15, 0.2) is 23.0 Å². The molecule has 1 aliphatic rings. The summed E-state index contributed by atoms with van der Waals surface area (Å²) in [4.78, 5) is 44.1. The van der Waals surface area contributed by atoms with Gasteiger partial charge in [0.25, 0.3) is 5.56 Å². The minimum absolute atomic E-state index is 0.0890. The zero-order valence-corrected chi connectivity index (χ0v) is 20.5. The predicted octanol–water partition coefficient (Wildman–Crippen LogP) is 4.40. The summed E-state index contributed by atoms with van der Waals surface area (Å²) in [5.41, 5.74) is -0.137. The highest BCUT2D eigenvalue weighted by Crippen LogP contribution is 2.33. The van der Waals surface area contributed by atoms with Crippen molar-refractivity contribution in [2.75, 3.05) is 23.8 Å². The molecule has 1 saturated heterocycles. The van der Waals surface area contributed by atoms with E-state index >= 15 is 0 Å². The number of ether oxygens (including phenoxy) is 1. The SMILES string of the molecule is CC[C@H]1CN(C)C(=O)N1c1nc(C)nc(N[C@@H](C)c2cc3cc(Cl)c(OC(F)(F)F)cc3[nH]c2=O)n1. The second-order valence-electron chi connectivity index (χ2n) is 8.44. The van der Waals surface area contributed by atoms with Gasteiger partial charge in [0.1, 0.15) is 11.6 Å². The van der Waals surface area contributed by atoms with Crippen molar-refractivity contribution < 1.29 is 22.7 Å². The summed E-state index contributed by atoms with van der Waals surface area (Å²) in [6.07, 6.45) is -4.21. The number of nitrogens with one attached hydrogen (secondary N) is 2. The third-order valence-corrected chi connectivity index (χ3v) is 6.06. The molecule has 2 N–H and O–H groups in total. The van der Waals surface area contributed by atoms with Gasteiger partial charge >= 0.3 is 12.4 Å². The summed E-state index contributed by atoms with van der Waals surface area (Å²) in [7, 11) is 1.71. The molecule has 1 aromatic carbocycles. The normalized spacial score (nSPS) is 17.1. The van der Waals surface area contributed by atoms with E-state index in [2.05, 4.69) is 30.0 Å². The quantitative estimate of drug-likeness (QED) is 0.490. The van der Waals surface area contributed by atoms with E-state index < -0.39 is 23.7 Å². The molecule has 1 aliphatic heterocycles. The molecule has 3 aromatic rings. The third kappa shape index (κ3) is 5.15. The topological polar surface area (TPSA) is 116 Å². The Morgan fingerprint density at radius 2 is 1.97 bits per heavy atom. The number of nitrogens with zero attached hydrogens (tertiary/aromatic N) is 5. The predicted molar refractivity (Wildman–Crippen MR) is 127 cm³/mol. The minimum Gasteiger partial charge on any atom is -0.404 e. The maximum Gasteiger partial charge on any atom is 0.573 e. The number of likely N-dealkylation sites (N-methyl/N-ethyl adjacent to an activating group) is 1. The fourth-order valence-corrected chi connectivity index (χ4v) is 4.25. The first-order chi connectivity index (χ1) is 16.9. The fraction of sp³-hybridized carbons (Fsp3) is 0.409. The molecule has 3 heterocycles. The van der Waals surface area contributed by atoms with E-state index in [0.717, 1.165) is 6.07 Å². The number of hydrogen-bond acceptors (Lipinski definition) is 7. The summed E-state index contributed by atoms with van der Waals surface area (Å²) in [6, 6.07) is 2.88. The van der Waals surface area contributed by atoms with E-state index in [1.54, 1.807) is 25.8 Å². The van der Waals surface area contributed by atoms with Crippen molar-refractivity contribution >= 4 is 40.4 Å². The second kappa shape index (κ2) is 9.45. The van der Waals surface area contributed by atoms with Crippen LogP contribution in [-0.4, -0.2) is 56.9 Å². The van der Waals surface area contributed by atoms with Crippen LogP contribution in [0.1, 0.15) is 37.7 Å². The highest BCUT2D eigenvalue weighted by molar-refractivity contribution is 6.32. The molecule has 192 valence electrons. The Morgan fingerprint density at radius 3 is 2.64 bits per heavy atom. The number of aryl methyl sites for hydroxylation is 1. The number of aromatic nitrogens is 4. The van der Waals surface area contributed by atoms with Crippen LogP contribution in [0.25, 0.3) is 10.9 Å². The standard InChI is InChI=1S/C22H23ClF3N7O3/c1-5-13-9-32(4)21(35)33(13)20-29-11(3)28-19(31-20)27-10(2)14-6-12-7-15(23)17(36-22(24,25)26)8-16(12)30-18(14)34/h6-8,10,13H,5,9H2,1-4H3,(H,30,34)(H,27,28,29,31)/t10-,13-/m0/s1. The number of amides is 2. The second-order valence-corrected chi connectivity index (χ2v) is 8.85. The van der Waals surface area contributed by atoms with Gasteiger partial charge in [-0.3, -0.25) is 9.69 Å². The van der Waals surface area contributed by atoms with Crippen LogP contribution in [0.2, 0.25) is 5.02 Å². The lowest BCUT2D eigenvalue weighted by molar-refractivity contribution is -0.274. The number of carbonyl (C=O) groups is 1. The maximum atomic E-state index is 12.7. The lowest BCUT2D eigenvalue weighted by Gasteiger charge is -2.21. The fourth-order valence-electron chi connectivity index (χ4n) is 4.04. The van der Waals surface area contributed by atoms with Crippen molar-refractivity contribution in [3.05, 3.63) is 45.0 Å². The van der Waals surface area contributed by atoms with E-state index in [9.17, 15) is 22.8 Å². The number of halogens is 4. The first-order valence-electron chi connectivity index (χ1n) is 11.0. The van der Waals surface area contributed by atoms with Crippen molar-refractivity contribution in [2.24, 2.45) is 0 Å². The average molecular weight is 526 g/mol. The van der Waals surface area contributed by atoms with E-state index in [-0.39, 0.29) is 40.1 Å². The van der Waals surface area contributed by atoms with Gasteiger partial charge in [0.2, 0.25) is 11.9 Å². The van der Waals surface area contributed by atoms with Crippen molar-refractivity contribution in [3.8, 4) is 5.75 Å². The molecule has 14 heteroatoms. The highest BCUT2D eigenvalue weighted by Gasteiger charge is 2.37. The molecular weight excluding hydrogens is 503 g/mol. The van der Waals surface area contributed by atoms with Gasteiger partial charge in [0.05, 0.1) is 22.6 Å². The number of anilines is 2. The summed E-state index contributed by atoms with van der Waals surface area (Å²) >= 11 is 5.96. The Hall–Kier alpha value is -3.61. The number of rotatable bonds is 6. The van der Waals surface area contributed by atoms with Crippen LogP contribution in [0.4, 0.5) is 29.9 Å². The molecule has 0 bridgehead atoms. The summed E-state index contributed by atoms with van der Waals surface area (Å²) in [5.74, 6) is 0.124. The number of alkyl halides is 3. The van der Waals surface area contributed by atoms with Crippen LogP contribution in [0, 0.1) is 6.92 Å². The molecule has 4 rings (SSSR count). The lowest BCUT2D eigenvalue weighted by atomic mass is 10.1. The number of benzene rings is 1. The zero-order chi connectivity index (χ0) is 26.4. The first kappa shape index (κ1) is 25.5. The van der Waals surface area contributed by atoms with Gasteiger partial charge in [0, 0.05) is 30.6 Å². The number of hydrogen-bond donors (Lipinski definition) is 2. The third-order valence-electron chi connectivity index (χ3n) is 5.77. The largest absolute Gasteiger partial charge is 0.573 e. The van der Waals surface area contributed by atoms with E-state index in [1.165, 1.54) is 17.0 Å². The molecule has 0 radical (unpaired) electrons. The van der Waals surface area contributed by atoms with Crippen molar-refractivity contribution in [1.29, 1.82) is 0 Å². The molecule has 0 spiro atoms. The maximum absolute atomic E-state index is 12.7. The van der Waals surface area contributed by atoms with Crippen LogP contribution < -0.4 is 20.5 Å². The van der Waals surface area contributed by atoms with E-state index in [4.69, 9.17) is 11.6 Å². The molecule has 1 fully saturated rings. The first-order valence-corrected chi connectivity index (χ1v) is 11.4. The molecular formula is C22H23ClF3N7O3. The molecule has 10 nitrogen and oxygen atoms in total. The summed E-state index contributed by atoms with van der Waals surface area (Å²) in [6.45, 7) is 5.87. The van der Waals surface area contributed by atoms with Crippen LogP contribution >= 0.6 is 11.6 Å². The van der Waals surface area contributed by atoms with Crippen LogP contribution in [0.3, 0.4) is 0 Å². The Bertz CT molecular complexity index is 1380. The van der Waals surface area contributed by atoms with Gasteiger partial charge in [-0.25, -0.2) is 4.79 Å². The molecule has 2 atom stereocenters. The summed E-state index contributed by atoms with van der Waals surface area (Å²) in [5, 5.41) is 3.19. The highest BCUT2D eigenvalue weighted by atomic mass is 35.5. The molecule has 0 unspecified atom stereocenters. The monoisotopic (exact) mass is 525 g/mol. The van der Waals surface area contributed by atoms with Crippen molar-refractivity contribution in [2.45, 2.75) is 45.6 Å². The smallest absolute Gasteiger partial charge is 0.404 e. The number of H-pyrrole nitrogens is 1. The Morgan fingerprint density at radius 1 is 1.25 bits per heavy atom. The molecule has 0 saturated carbocycles.